The van der Waals surface area contributed by atoms with Crippen LogP contribution < -0.4 is 5.32 Å². The Hall–Kier alpha value is -2.09. The number of alkyl halides is 3. The van der Waals surface area contributed by atoms with E-state index in [-0.39, 0.29) is 44.3 Å². The molecule has 3 nitrogen and oxygen atoms in total. The summed E-state index contributed by atoms with van der Waals surface area (Å²) in [4.78, 5) is 25.7. The molecule has 2 aliphatic rings. The minimum absolute atomic E-state index is 0.0367. The maximum absolute atomic E-state index is 15.1. The van der Waals surface area contributed by atoms with Gasteiger partial charge in [-0.1, -0.05) is 59.8 Å². The summed E-state index contributed by atoms with van der Waals surface area (Å²) in [6.45, 7) is 2.19. The van der Waals surface area contributed by atoms with Gasteiger partial charge in [-0.2, -0.15) is 13.2 Å². The van der Waals surface area contributed by atoms with Gasteiger partial charge in [-0.15, -0.1) is 0 Å². The summed E-state index contributed by atoms with van der Waals surface area (Å²) in [5.74, 6) is -3.13. The van der Waals surface area contributed by atoms with Gasteiger partial charge in [0, 0.05) is 24.1 Å². The predicted molar refractivity (Wildman–Crippen MR) is 141 cm³/mol. The first-order chi connectivity index (χ1) is 17.8. The summed E-state index contributed by atoms with van der Waals surface area (Å²) in [6.07, 6.45) is 0.242. The fourth-order valence-electron chi connectivity index (χ4n) is 4.52. The van der Waals surface area contributed by atoms with Gasteiger partial charge in [0.05, 0.1) is 20.5 Å². The van der Waals surface area contributed by atoms with Crippen LogP contribution in [0.4, 0.5) is 17.6 Å². The Kier molecular flexibility index (Phi) is 8.51. The molecule has 2 aliphatic carbocycles. The van der Waals surface area contributed by atoms with Gasteiger partial charge >= 0.3 is 6.18 Å². The molecule has 0 aromatic heterocycles. The molecule has 2 aromatic carbocycles. The number of carbonyl (C=O) groups excluding carboxylic acids is 2. The third kappa shape index (κ3) is 6.72. The van der Waals surface area contributed by atoms with E-state index in [1.165, 1.54) is 31.0 Å². The zero-order valence-corrected chi connectivity index (χ0v) is 22.8. The van der Waals surface area contributed by atoms with Gasteiger partial charge in [0.2, 0.25) is 5.91 Å². The third-order valence-corrected chi connectivity index (χ3v) is 8.40. The van der Waals surface area contributed by atoms with Crippen molar-refractivity contribution in [2.45, 2.75) is 57.5 Å². The summed E-state index contributed by atoms with van der Waals surface area (Å²) >= 11 is 17.6. The lowest BCUT2D eigenvalue weighted by molar-refractivity contribution is -0.139. The second-order valence-electron chi connectivity index (χ2n) is 10.2. The SMILES string of the molecule is Cc1cc(/C(F)=C/C(c2cc(Cl)c(Cl)c(Cl)c2)C(F)(F)F)ccc1C(=O)CC1(C(=O)NCCC2CC2)CC1. The van der Waals surface area contributed by atoms with Crippen molar-refractivity contribution in [1.29, 1.82) is 0 Å². The molecule has 4 rings (SSSR count). The highest BCUT2D eigenvalue weighted by Gasteiger charge is 2.51. The molecule has 1 unspecified atom stereocenters. The van der Waals surface area contributed by atoms with Crippen LogP contribution in [0.25, 0.3) is 5.83 Å². The summed E-state index contributed by atoms with van der Waals surface area (Å²) in [5.41, 5.74) is -0.471. The van der Waals surface area contributed by atoms with Crippen molar-refractivity contribution >= 4 is 52.3 Å². The third-order valence-electron chi connectivity index (χ3n) is 7.20. The van der Waals surface area contributed by atoms with Crippen LogP contribution in [0.5, 0.6) is 0 Å². The topological polar surface area (TPSA) is 46.2 Å². The second kappa shape index (κ2) is 11.2. The predicted octanol–water partition coefficient (Wildman–Crippen LogP) is 8.88. The van der Waals surface area contributed by atoms with Crippen molar-refractivity contribution in [3.63, 3.8) is 0 Å². The first-order valence-electron chi connectivity index (χ1n) is 12.3. The Morgan fingerprint density at radius 2 is 1.74 bits per heavy atom. The van der Waals surface area contributed by atoms with E-state index in [9.17, 15) is 22.8 Å². The van der Waals surface area contributed by atoms with Crippen molar-refractivity contribution in [2.75, 3.05) is 6.54 Å². The summed E-state index contributed by atoms with van der Waals surface area (Å²) < 4.78 is 56.6. The van der Waals surface area contributed by atoms with Crippen LogP contribution in [0.3, 0.4) is 0 Å². The smallest absolute Gasteiger partial charge is 0.356 e. The zero-order valence-electron chi connectivity index (χ0n) is 20.5. The fourth-order valence-corrected chi connectivity index (χ4v) is 5.14. The van der Waals surface area contributed by atoms with Crippen molar-refractivity contribution in [1.82, 2.24) is 5.32 Å². The molecule has 2 fully saturated rings. The van der Waals surface area contributed by atoms with Crippen LogP contribution in [0, 0.1) is 18.3 Å². The van der Waals surface area contributed by atoms with Crippen LogP contribution >= 0.6 is 34.8 Å². The van der Waals surface area contributed by atoms with E-state index in [1.54, 1.807) is 6.92 Å². The van der Waals surface area contributed by atoms with Gasteiger partial charge in [0.1, 0.15) is 11.7 Å². The number of aryl methyl sites for hydroxylation is 1. The Morgan fingerprint density at radius 1 is 1.11 bits per heavy atom. The first kappa shape index (κ1) is 28.9. The average molecular weight is 591 g/mol. The van der Waals surface area contributed by atoms with Crippen molar-refractivity contribution in [2.24, 2.45) is 11.3 Å². The van der Waals surface area contributed by atoms with Gasteiger partial charge < -0.3 is 5.32 Å². The summed E-state index contributed by atoms with van der Waals surface area (Å²) in [6, 6.07) is 5.97. The largest absolute Gasteiger partial charge is 0.399 e. The Bertz CT molecular complexity index is 1260. The minimum Gasteiger partial charge on any atom is -0.356 e. The molecule has 1 N–H and O–H groups in total. The van der Waals surface area contributed by atoms with E-state index >= 15 is 4.39 Å². The number of hydrogen-bond acceptors (Lipinski definition) is 2. The number of halogens is 7. The number of allylic oxidation sites excluding steroid dienone is 1. The molecule has 0 spiro atoms. The number of amides is 1. The molecule has 2 aromatic rings. The standard InChI is InChI=1S/C28H26Cl3F4NO2/c1-15-10-17(23(32)13-20(28(33,34)35)18-11-21(29)25(31)22(30)12-18)4-5-19(15)24(37)14-27(7-8-27)26(38)36-9-6-16-2-3-16/h4-5,10-13,16,20H,2-3,6-9,14H2,1H3,(H,36,38)/b23-13-. The van der Waals surface area contributed by atoms with E-state index in [4.69, 9.17) is 34.8 Å². The summed E-state index contributed by atoms with van der Waals surface area (Å²) in [5, 5.41) is 2.49. The van der Waals surface area contributed by atoms with Gasteiger partial charge in [0.15, 0.2) is 5.78 Å². The van der Waals surface area contributed by atoms with Crippen molar-refractivity contribution in [3.05, 3.63) is 73.7 Å². The molecule has 1 atom stereocenters. The molecule has 38 heavy (non-hydrogen) atoms. The second-order valence-corrected chi connectivity index (χ2v) is 11.4. The zero-order chi connectivity index (χ0) is 27.8. The van der Waals surface area contributed by atoms with E-state index < -0.39 is 23.3 Å². The minimum atomic E-state index is -4.83. The number of nitrogens with one attached hydrogen (secondary N) is 1. The van der Waals surface area contributed by atoms with Gasteiger partial charge in [-0.05, 0) is 67.5 Å². The van der Waals surface area contributed by atoms with E-state index in [2.05, 4.69) is 5.32 Å². The highest BCUT2D eigenvalue weighted by atomic mass is 35.5. The maximum Gasteiger partial charge on any atom is 0.399 e. The number of benzene rings is 2. The van der Waals surface area contributed by atoms with E-state index in [0.29, 0.717) is 42.5 Å². The maximum atomic E-state index is 15.1. The molecular weight excluding hydrogens is 565 g/mol. The van der Waals surface area contributed by atoms with Crippen molar-refractivity contribution < 1.29 is 27.2 Å². The van der Waals surface area contributed by atoms with Crippen molar-refractivity contribution in [3.8, 4) is 0 Å². The molecule has 0 radical (unpaired) electrons. The molecule has 204 valence electrons. The molecule has 1 amide bonds. The number of carbonyl (C=O) groups is 2. The van der Waals surface area contributed by atoms with Crippen LogP contribution in [0.1, 0.15) is 71.5 Å². The van der Waals surface area contributed by atoms with Crippen LogP contribution in [0.15, 0.2) is 36.4 Å². The Labute approximate surface area is 233 Å². The first-order valence-corrected chi connectivity index (χ1v) is 13.4. The Balaban J connectivity index is 1.50. The highest BCUT2D eigenvalue weighted by molar-refractivity contribution is 6.48. The molecular formula is C28H26Cl3F4NO2. The normalized spacial score (nSPS) is 17.7. The summed E-state index contributed by atoms with van der Waals surface area (Å²) in [7, 11) is 0. The molecule has 10 heteroatoms. The molecule has 0 heterocycles. The van der Waals surface area contributed by atoms with Crippen LogP contribution in [-0.4, -0.2) is 24.4 Å². The van der Waals surface area contributed by atoms with Gasteiger partial charge in [-0.3, -0.25) is 9.59 Å². The molecule has 0 saturated heterocycles. The van der Waals surface area contributed by atoms with E-state index in [1.807, 2.05) is 0 Å². The lowest BCUT2D eigenvalue weighted by atomic mass is 9.91. The molecule has 0 aliphatic heterocycles. The Morgan fingerprint density at radius 3 is 2.26 bits per heavy atom. The number of rotatable bonds is 10. The van der Waals surface area contributed by atoms with E-state index in [0.717, 1.165) is 18.6 Å². The number of hydrogen-bond donors (Lipinski definition) is 1. The molecule has 0 bridgehead atoms. The van der Waals surface area contributed by atoms with Crippen LogP contribution in [-0.2, 0) is 4.79 Å². The molecule has 2 saturated carbocycles. The number of ketones is 1. The van der Waals surface area contributed by atoms with Crippen LogP contribution in [0.2, 0.25) is 15.1 Å². The van der Waals surface area contributed by atoms with Gasteiger partial charge in [0.25, 0.3) is 0 Å². The quantitative estimate of drug-likeness (QED) is 0.171. The van der Waals surface area contributed by atoms with Gasteiger partial charge in [-0.25, -0.2) is 4.39 Å². The lowest BCUT2D eigenvalue weighted by Gasteiger charge is -2.19. The average Bonchev–Trinajstić information content (AvgIpc) is 3.76. The highest BCUT2D eigenvalue weighted by Crippen LogP contribution is 2.50. The monoisotopic (exact) mass is 589 g/mol. The number of Topliss-reactive ketones (excluding diaryl/α,β-unsaturated/α-hetero) is 1. The lowest BCUT2D eigenvalue weighted by Crippen LogP contribution is -2.34. The fraction of sp³-hybridized carbons (Fsp3) is 0.429.